The molecule has 0 saturated carbocycles. The van der Waals surface area contributed by atoms with Crippen molar-refractivity contribution in [1.82, 2.24) is 5.32 Å². The minimum Gasteiger partial charge on any atom is -0.490 e. The van der Waals surface area contributed by atoms with Gasteiger partial charge in [-0.15, -0.1) is 0 Å². The molecule has 2 rings (SSSR count). The maximum Gasteiger partial charge on any atom is 0.325 e. The number of nitrogens with one attached hydrogen (secondary N) is 1. The van der Waals surface area contributed by atoms with Crippen LogP contribution in [0.4, 0.5) is 0 Å². The average Bonchev–Trinajstić information content (AvgIpc) is 2.59. The van der Waals surface area contributed by atoms with Gasteiger partial charge in [0.05, 0.1) is 0 Å². The van der Waals surface area contributed by atoms with Gasteiger partial charge in [-0.3, -0.25) is 9.59 Å². The molecule has 126 valence electrons. The van der Waals surface area contributed by atoms with Gasteiger partial charge >= 0.3 is 5.97 Å². The largest absolute Gasteiger partial charge is 0.490 e. The van der Waals surface area contributed by atoms with Crippen molar-refractivity contribution in [2.75, 3.05) is 19.8 Å². The van der Waals surface area contributed by atoms with E-state index in [4.69, 9.17) is 32.7 Å². The molecule has 7 heteroatoms. The van der Waals surface area contributed by atoms with E-state index < -0.39 is 5.97 Å². The maximum atomic E-state index is 11.8. The third-order valence-electron chi connectivity index (χ3n) is 2.93. The van der Waals surface area contributed by atoms with Gasteiger partial charge < -0.3 is 14.8 Å². The van der Waals surface area contributed by atoms with Crippen LogP contribution in [0.2, 0.25) is 10.0 Å². The summed E-state index contributed by atoms with van der Waals surface area (Å²) in [6, 6.07) is 13.2. The van der Waals surface area contributed by atoms with Crippen molar-refractivity contribution >= 4 is 35.1 Å². The monoisotopic (exact) mass is 367 g/mol. The molecule has 0 aliphatic heterocycles. The summed E-state index contributed by atoms with van der Waals surface area (Å²) < 4.78 is 10.3. The summed E-state index contributed by atoms with van der Waals surface area (Å²) >= 11 is 11.5. The fraction of sp³-hybridized carbons (Fsp3) is 0.176. The number of ether oxygens (including phenoxy) is 2. The minimum atomic E-state index is -0.544. The summed E-state index contributed by atoms with van der Waals surface area (Å²) in [5.74, 6) is -0.287. The van der Waals surface area contributed by atoms with Crippen LogP contribution in [0.1, 0.15) is 10.4 Å². The van der Waals surface area contributed by atoms with Gasteiger partial charge in [-0.1, -0.05) is 23.2 Å². The highest BCUT2D eigenvalue weighted by atomic mass is 35.5. The quantitative estimate of drug-likeness (QED) is 0.601. The molecule has 0 spiro atoms. The first-order valence-electron chi connectivity index (χ1n) is 7.12. The van der Waals surface area contributed by atoms with Gasteiger partial charge in [0, 0.05) is 15.6 Å². The molecule has 0 aromatic heterocycles. The Balaban J connectivity index is 1.63. The van der Waals surface area contributed by atoms with Crippen molar-refractivity contribution in [1.29, 1.82) is 0 Å². The van der Waals surface area contributed by atoms with Gasteiger partial charge in [0.2, 0.25) is 0 Å². The smallest absolute Gasteiger partial charge is 0.325 e. The van der Waals surface area contributed by atoms with Crippen LogP contribution >= 0.6 is 23.2 Å². The highest BCUT2D eigenvalue weighted by molar-refractivity contribution is 6.30. The average molecular weight is 368 g/mol. The summed E-state index contributed by atoms with van der Waals surface area (Å²) in [5.41, 5.74) is 0.415. The number of benzene rings is 2. The van der Waals surface area contributed by atoms with E-state index in [2.05, 4.69) is 5.32 Å². The Morgan fingerprint density at radius 1 is 0.875 bits per heavy atom. The van der Waals surface area contributed by atoms with Crippen molar-refractivity contribution in [3.05, 3.63) is 64.1 Å². The molecule has 2 aromatic rings. The Labute approximate surface area is 149 Å². The lowest BCUT2D eigenvalue weighted by molar-refractivity contribution is -0.143. The molecule has 0 atom stereocenters. The molecular weight excluding hydrogens is 353 g/mol. The molecular formula is C17H15Cl2NO4. The third kappa shape index (κ3) is 6.10. The van der Waals surface area contributed by atoms with Crippen molar-refractivity contribution in [3.8, 4) is 5.75 Å². The second-order valence-corrected chi connectivity index (χ2v) is 5.59. The van der Waals surface area contributed by atoms with Gasteiger partial charge in [0.25, 0.3) is 5.91 Å². The Hall–Kier alpha value is -2.24. The van der Waals surface area contributed by atoms with E-state index in [1.807, 2.05) is 0 Å². The second kappa shape index (κ2) is 9.15. The molecule has 1 amide bonds. The number of hydrogen-bond acceptors (Lipinski definition) is 4. The van der Waals surface area contributed by atoms with Gasteiger partial charge in [-0.25, -0.2) is 0 Å². The highest BCUT2D eigenvalue weighted by Gasteiger charge is 2.08. The van der Waals surface area contributed by atoms with Crippen LogP contribution in [0.15, 0.2) is 48.5 Å². The molecule has 5 nitrogen and oxygen atoms in total. The lowest BCUT2D eigenvalue weighted by Crippen LogP contribution is -2.31. The molecule has 2 aromatic carbocycles. The Bertz CT molecular complexity index is 687. The topological polar surface area (TPSA) is 64.6 Å². The zero-order chi connectivity index (χ0) is 17.4. The van der Waals surface area contributed by atoms with Crippen molar-refractivity contribution in [3.63, 3.8) is 0 Å². The van der Waals surface area contributed by atoms with Crippen LogP contribution in [0.3, 0.4) is 0 Å². The molecule has 0 unspecified atom stereocenters. The highest BCUT2D eigenvalue weighted by Crippen LogP contribution is 2.15. The molecule has 0 saturated heterocycles. The fourth-order valence-corrected chi connectivity index (χ4v) is 2.00. The van der Waals surface area contributed by atoms with E-state index in [-0.39, 0.29) is 25.7 Å². The summed E-state index contributed by atoms with van der Waals surface area (Å²) in [5, 5.41) is 3.62. The van der Waals surface area contributed by atoms with Gasteiger partial charge in [-0.2, -0.15) is 0 Å². The number of carbonyl (C=O) groups is 2. The number of hydrogen-bond donors (Lipinski definition) is 1. The van der Waals surface area contributed by atoms with Crippen molar-refractivity contribution in [2.24, 2.45) is 0 Å². The molecule has 0 heterocycles. The first-order chi connectivity index (χ1) is 11.5. The van der Waals surface area contributed by atoms with Crippen LogP contribution in [-0.2, 0) is 9.53 Å². The molecule has 0 aliphatic carbocycles. The van der Waals surface area contributed by atoms with E-state index in [1.165, 1.54) is 0 Å². The molecule has 0 radical (unpaired) electrons. The van der Waals surface area contributed by atoms with Crippen LogP contribution in [0.5, 0.6) is 5.75 Å². The standard InChI is InChI=1S/C17H15Cl2NO4/c18-13-3-1-12(2-4-13)17(22)20-11-16(21)24-10-9-23-15-7-5-14(19)6-8-15/h1-8H,9-11H2,(H,20,22). The van der Waals surface area contributed by atoms with E-state index in [1.54, 1.807) is 48.5 Å². The minimum absolute atomic E-state index is 0.0816. The van der Waals surface area contributed by atoms with Gasteiger partial charge in [0.15, 0.2) is 0 Å². The molecule has 0 aliphatic rings. The fourth-order valence-electron chi connectivity index (χ4n) is 1.75. The number of halogens is 2. The summed E-state index contributed by atoms with van der Waals surface area (Å²) in [7, 11) is 0. The van der Waals surface area contributed by atoms with E-state index in [0.29, 0.717) is 21.4 Å². The normalized spacial score (nSPS) is 10.1. The molecule has 0 fully saturated rings. The van der Waals surface area contributed by atoms with Crippen molar-refractivity contribution in [2.45, 2.75) is 0 Å². The van der Waals surface area contributed by atoms with E-state index >= 15 is 0 Å². The van der Waals surface area contributed by atoms with Crippen LogP contribution in [-0.4, -0.2) is 31.6 Å². The second-order valence-electron chi connectivity index (χ2n) is 4.71. The Morgan fingerprint density at radius 2 is 1.46 bits per heavy atom. The summed E-state index contributed by atoms with van der Waals surface area (Å²) in [4.78, 5) is 23.4. The molecule has 1 N–H and O–H groups in total. The number of amides is 1. The Kier molecular flexibility index (Phi) is 6.90. The number of esters is 1. The predicted molar refractivity (Wildman–Crippen MR) is 91.7 cm³/mol. The van der Waals surface area contributed by atoms with Crippen LogP contribution < -0.4 is 10.1 Å². The molecule has 0 bridgehead atoms. The first-order valence-corrected chi connectivity index (χ1v) is 7.88. The SMILES string of the molecule is O=C(CNC(=O)c1ccc(Cl)cc1)OCCOc1ccc(Cl)cc1. The summed E-state index contributed by atoms with van der Waals surface area (Å²) in [6.07, 6.45) is 0. The third-order valence-corrected chi connectivity index (χ3v) is 3.43. The zero-order valence-corrected chi connectivity index (χ0v) is 14.1. The predicted octanol–water partition coefficient (Wildman–Crippen LogP) is 3.35. The van der Waals surface area contributed by atoms with Gasteiger partial charge in [-0.05, 0) is 48.5 Å². The first kappa shape index (κ1) is 18.1. The number of rotatable bonds is 7. The number of carbonyl (C=O) groups excluding carboxylic acids is 2. The zero-order valence-electron chi connectivity index (χ0n) is 12.6. The van der Waals surface area contributed by atoms with Crippen LogP contribution in [0.25, 0.3) is 0 Å². The molecule has 24 heavy (non-hydrogen) atoms. The lowest BCUT2D eigenvalue weighted by Gasteiger charge is -2.08. The Morgan fingerprint density at radius 3 is 2.08 bits per heavy atom. The lowest BCUT2D eigenvalue weighted by atomic mass is 10.2. The van der Waals surface area contributed by atoms with E-state index in [9.17, 15) is 9.59 Å². The van der Waals surface area contributed by atoms with E-state index in [0.717, 1.165) is 0 Å². The van der Waals surface area contributed by atoms with Crippen LogP contribution in [0, 0.1) is 0 Å². The van der Waals surface area contributed by atoms with Crippen molar-refractivity contribution < 1.29 is 19.1 Å². The van der Waals surface area contributed by atoms with Gasteiger partial charge in [0.1, 0.15) is 25.5 Å². The summed E-state index contributed by atoms with van der Waals surface area (Å²) in [6.45, 7) is 0.0686. The maximum absolute atomic E-state index is 11.8.